The summed E-state index contributed by atoms with van der Waals surface area (Å²) in [5.41, 5.74) is 7.64. The van der Waals surface area contributed by atoms with Gasteiger partial charge >= 0.3 is 0 Å². The van der Waals surface area contributed by atoms with E-state index in [2.05, 4.69) is 0 Å². The second-order valence-corrected chi connectivity index (χ2v) is 4.83. The number of hydrogen-bond acceptors (Lipinski definition) is 5. The molecule has 1 aliphatic heterocycles. The van der Waals surface area contributed by atoms with Crippen LogP contribution < -0.4 is 15.2 Å². The van der Waals surface area contributed by atoms with Crippen LogP contribution >= 0.6 is 0 Å². The number of nitro benzene ring substituents is 1. The van der Waals surface area contributed by atoms with Gasteiger partial charge in [-0.05, 0) is 17.7 Å². The smallest absolute Gasteiger partial charge is 0.269 e. The Morgan fingerprint density at radius 3 is 3.00 bits per heavy atom. The third kappa shape index (κ3) is 2.80. The minimum Gasteiger partial charge on any atom is -0.491 e. The first-order valence-electron chi connectivity index (χ1n) is 6.52. The third-order valence-corrected chi connectivity index (χ3v) is 3.33. The topological polar surface area (TPSA) is 87.6 Å². The molecule has 0 aliphatic carbocycles. The maximum absolute atomic E-state index is 10.7. The predicted molar refractivity (Wildman–Crippen MR) is 76.3 cm³/mol. The Morgan fingerprint density at radius 2 is 2.19 bits per heavy atom. The molecule has 1 unspecified atom stereocenters. The summed E-state index contributed by atoms with van der Waals surface area (Å²) in [7, 11) is 0. The highest BCUT2D eigenvalue weighted by Gasteiger charge is 2.20. The Labute approximate surface area is 121 Å². The zero-order valence-corrected chi connectivity index (χ0v) is 11.2. The highest BCUT2D eigenvalue weighted by Crippen LogP contribution is 2.34. The molecule has 0 fully saturated rings. The molecule has 2 aromatic rings. The number of hydrogen-bond donors (Lipinski definition) is 1. The molecule has 6 nitrogen and oxygen atoms in total. The van der Waals surface area contributed by atoms with Crippen LogP contribution in [-0.2, 0) is 6.61 Å². The number of rotatable bonds is 4. The number of nitro groups is 1. The molecule has 0 radical (unpaired) electrons. The summed E-state index contributed by atoms with van der Waals surface area (Å²) in [5, 5.41) is 10.7. The van der Waals surface area contributed by atoms with E-state index < -0.39 is 4.92 Å². The standard InChI is InChI=1S/C15H14N2O4/c16-14-9-21-15-7-12(4-5-13(14)15)20-8-10-2-1-3-11(6-10)17(18)19/h1-7,14H,8-9,16H2. The normalized spacial score (nSPS) is 16.1. The van der Waals surface area contributed by atoms with Gasteiger partial charge in [0.25, 0.3) is 5.69 Å². The number of nitrogens with zero attached hydrogens (tertiary/aromatic N) is 1. The van der Waals surface area contributed by atoms with E-state index in [9.17, 15) is 10.1 Å². The monoisotopic (exact) mass is 286 g/mol. The Balaban J connectivity index is 1.71. The summed E-state index contributed by atoms with van der Waals surface area (Å²) >= 11 is 0. The first-order valence-corrected chi connectivity index (χ1v) is 6.52. The van der Waals surface area contributed by atoms with E-state index in [-0.39, 0.29) is 18.3 Å². The molecule has 6 heteroatoms. The largest absolute Gasteiger partial charge is 0.491 e. The van der Waals surface area contributed by atoms with E-state index in [4.69, 9.17) is 15.2 Å². The van der Waals surface area contributed by atoms with Crippen molar-refractivity contribution in [2.24, 2.45) is 5.73 Å². The average molecular weight is 286 g/mol. The lowest BCUT2D eigenvalue weighted by Gasteiger charge is -2.08. The fraction of sp³-hybridized carbons (Fsp3) is 0.200. The minimum absolute atomic E-state index is 0.0550. The molecule has 0 bridgehead atoms. The zero-order valence-electron chi connectivity index (χ0n) is 11.2. The minimum atomic E-state index is -0.422. The number of nitrogens with two attached hydrogens (primary N) is 1. The number of fused-ring (bicyclic) bond motifs is 1. The lowest BCUT2D eigenvalue weighted by atomic mass is 10.1. The number of non-ortho nitro benzene ring substituents is 1. The molecule has 0 amide bonds. The molecule has 2 aromatic carbocycles. The highest BCUT2D eigenvalue weighted by molar-refractivity contribution is 5.45. The van der Waals surface area contributed by atoms with Crippen molar-refractivity contribution in [1.82, 2.24) is 0 Å². The second kappa shape index (κ2) is 5.41. The molecule has 108 valence electrons. The summed E-state index contributed by atoms with van der Waals surface area (Å²) < 4.78 is 11.1. The first-order chi connectivity index (χ1) is 10.1. The Bertz CT molecular complexity index is 687. The molecule has 3 rings (SSSR count). The van der Waals surface area contributed by atoms with Gasteiger partial charge in [-0.3, -0.25) is 10.1 Å². The van der Waals surface area contributed by atoms with Crippen molar-refractivity contribution in [2.45, 2.75) is 12.6 Å². The summed E-state index contributed by atoms with van der Waals surface area (Å²) in [6.07, 6.45) is 0. The molecular formula is C15H14N2O4. The lowest BCUT2D eigenvalue weighted by Crippen LogP contribution is -2.10. The van der Waals surface area contributed by atoms with Crippen LogP contribution in [0, 0.1) is 10.1 Å². The van der Waals surface area contributed by atoms with Crippen molar-refractivity contribution in [2.75, 3.05) is 6.61 Å². The van der Waals surface area contributed by atoms with Gasteiger partial charge in [-0.1, -0.05) is 12.1 Å². The van der Waals surface area contributed by atoms with Gasteiger partial charge in [0.15, 0.2) is 0 Å². The van der Waals surface area contributed by atoms with Crippen LogP contribution in [0.4, 0.5) is 5.69 Å². The Morgan fingerprint density at radius 1 is 1.33 bits per heavy atom. The number of ether oxygens (including phenoxy) is 2. The first kappa shape index (κ1) is 13.4. The quantitative estimate of drug-likeness (QED) is 0.689. The van der Waals surface area contributed by atoms with E-state index in [1.54, 1.807) is 18.2 Å². The van der Waals surface area contributed by atoms with E-state index >= 15 is 0 Å². The molecule has 2 N–H and O–H groups in total. The molecule has 0 spiro atoms. The van der Waals surface area contributed by atoms with Gasteiger partial charge in [0, 0.05) is 23.8 Å². The van der Waals surface area contributed by atoms with Crippen molar-refractivity contribution in [3.05, 3.63) is 63.7 Å². The Kier molecular flexibility index (Phi) is 3.45. The fourth-order valence-corrected chi connectivity index (χ4v) is 2.23. The van der Waals surface area contributed by atoms with Gasteiger partial charge < -0.3 is 15.2 Å². The molecule has 0 aromatic heterocycles. The summed E-state index contributed by atoms with van der Waals surface area (Å²) in [6.45, 7) is 0.732. The van der Waals surface area contributed by atoms with Gasteiger partial charge in [-0.15, -0.1) is 0 Å². The van der Waals surface area contributed by atoms with E-state index in [0.29, 0.717) is 12.4 Å². The zero-order chi connectivity index (χ0) is 14.8. The van der Waals surface area contributed by atoms with Crippen molar-refractivity contribution >= 4 is 5.69 Å². The van der Waals surface area contributed by atoms with Crippen molar-refractivity contribution in [3.63, 3.8) is 0 Å². The summed E-state index contributed by atoms with van der Waals surface area (Å²) in [5.74, 6) is 1.38. The molecule has 1 aliphatic rings. The van der Waals surface area contributed by atoms with Crippen molar-refractivity contribution in [1.29, 1.82) is 0 Å². The molecule has 1 atom stereocenters. The number of benzene rings is 2. The van der Waals surface area contributed by atoms with Gasteiger partial charge in [0.05, 0.1) is 11.0 Å². The molecule has 1 heterocycles. The van der Waals surface area contributed by atoms with E-state index in [1.165, 1.54) is 12.1 Å². The SMILES string of the molecule is NC1COc2cc(OCc3cccc([N+](=O)[O-])c3)ccc21. The third-order valence-electron chi connectivity index (χ3n) is 3.33. The highest BCUT2D eigenvalue weighted by atomic mass is 16.6. The van der Waals surface area contributed by atoms with Crippen LogP contribution in [0.2, 0.25) is 0 Å². The van der Waals surface area contributed by atoms with E-state index in [0.717, 1.165) is 16.9 Å². The maximum Gasteiger partial charge on any atom is 0.269 e. The fourth-order valence-electron chi connectivity index (χ4n) is 2.23. The predicted octanol–water partition coefficient (Wildman–Crippen LogP) is 2.57. The molecule has 21 heavy (non-hydrogen) atoms. The van der Waals surface area contributed by atoms with Gasteiger partial charge in [-0.2, -0.15) is 0 Å². The van der Waals surface area contributed by atoms with Gasteiger partial charge in [0.2, 0.25) is 0 Å². The average Bonchev–Trinajstić information content (AvgIpc) is 2.86. The van der Waals surface area contributed by atoms with Crippen LogP contribution in [0.25, 0.3) is 0 Å². The Hall–Kier alpha value is -2.60. The molecular weight excluding hydrogens is 272 g/mol. The van der Waals surface area contributed by atoms with Crippen LogP contribution in [0.3, 0.4) is 0 Å². The summed E-state index contributed by atoms with van der Waals surface area (Å²) in [4.78, 5) is 10.3. The maximum atomic E-state index is 10.7. The lowest BCUT2D eigenvalue weighted by molar-refractivity contribution is -0.384. The van der Waals surface area contributed by atoms with Gasteiger partial charge in [-0.25, -0.2) is 0 Å². The second-order valence-electron chi connectivity index (χ2n) is 4.83. The van der Waals surface area contributed by atoms with Crippen molar-refractivity contribution < 1.29 is 14.4 Å². The van der Waals surface area contributed by atoms with Crippen LogP contribution in [0.15, 0.2) is 42.5 Å². The van der Waals surface area contributed by atoms with Crippen LogP contribution in [0.1, 0.15) is 17.2 Å². The van der Waals surface area contributed by atoms with Gasteiger partial charge in [0.1, 0.15) is 24.7 Å². The van der Waals surface area contributed by atoms with Crippen LogP contribution in [0.5, 0.6) is 11.5 Å². The molecule has 0 saturated carbocycles. The summed E-state index contributed by atoms with van der Waals surface area (Å²) in [6, 6.07) is 11.8. The van der Waals surface area contributed by atoms with E-state index in [1.807, 2.05) is 12.1 Å². The van der Waals surface area contributed by atoms with Crippen LogP contribution in [-0.4, -0.2) is 11.5 Å². The van der Waals surface area contributed by atoms with Crippen molar-refractivity contribution in [3.8, 4) is 11.5 Å². The molecule has 0 saturated heterocycles.